The summed E-state index contributed by atoms with van der Waals surface area (Å²) < 4.78 is 10.9. The Kier molecular flexibility index (Phi) is 7.80. The third-order valence-corrected chi connectivity index (χ3v) is 5.18. The van der Waals surface area contributed by atoms with Crippen LogP contribution < -0.4 is 5.32 Å². The van der Waals surface area contributed by atoms with Crippen LogP contribution in [-0.2, 0) is 17.8 Å². The third kappa shape index (κ3) is 6.66. The molecule has 2 heterocycles. The van der Waals surface area contributed by atoms with Crippen LogP contribution in [0.4, 0.5) is 0 Å². The van der Waals surface area contributed by atoms with Gasteiger partial charge in [-0.15, -0.1) is 0 Å². The Hall–Kier alpha value is -2.22. The summed E-state index contributed by atoms with van der Waals surface area (Å²) in [5, 5.41) is 2.92. The molecule has 1 saturated heterocycles. The van der Waals surface area contributed by atoms with Crippen LogP contribution in [0.5, 0.6) is 0 Å². The van der Waals surface area contributed by atoms with E-state index in [0.717, 1.165) is 39.4 Å². The highest BCUT2D eigenvalue weighted by molar-refractivity contribution is 5.91. The molecule has 1 fully saturated rings. The fourth-order valence-corrected chi connectivity index (χ4v) is 3.25. The van der Waals surface area contributed by atoms with Crippen LogP contribution in [0, 0.1) is 6.92 Å². The molecule has 158 valence electrons. The number of nitrogens with one attached hydrogen (secondary N) is 1. The van der Waals surface area contributed by atoms with Crippen molar-refractivity contribution >= 4 is 5.91 Å². The van der Waals surface area contributed by atoms with Gasteiger partial charge in [0.15, 0.2) is 5.69 Å². The zero-order valence-corrected chi connectivity index (χ0v) is 17.7. The molecule has 0 saturated carbocycles. The number of hydrogen-bond donors (Lipinski definition) is 1. The second kappa shape index (κ2) is 10.5. The normalized spacial score (nSPS) is 15.2. The highest BCUT2D eigenvalue weighted by atomic mass is 16.5. The summed E-state index contributed by atoms with van der Waals surface area (Å²) in [7, 11) is 0. The van der Waals surface area contributed by atoms with E-state index >= 15 is 0 Å². The molecular weight excluding hydrogens is 368 g/mol. The quantitative estimate of drug-likeness (QED) is 0.697. The summed E-state index contributed by atoms with van der Waals surface area (Å²) in [6.07, 6.45) is 1.45. The molecule has 1 aromatic heterocycles. The maximum Gasteiger partial charge on any atom is 0.273 e. The Bertz CT molecular complexity index is 767. The van der Waals surface area contributed by atoms with Crippen LogP contribution in [-0.4, -0.2) is 66.1 Å². The lowest BCUT2D eigenvalue weighted by molar-refractivity contribution is 0.0383. The van der Waals surface area contributed by atoms with Crippen molar-refractivity contribution in [3.63, 3.8) is 0 Å². The first-order valence-corrected chi connectivity index (χ1v) is 10.3. The van der Waals surface area contributed by atoms with Crippen LogP contribution in [0.2, 0.25) is 0 Å². The lowest BCUT2D eigenvalue weighted by Crippen LogP contribution is -2.41. The minimum absolute atomic E-state index is 0.192. The van der Waals surface area contributed by atoms with Gasteiger partial charge in [0.1, 0.15) is 6.26 Å². The second-order valence-electron chi connectivity index (χ2n) is 7.82. The molecule has 0 bridgehead atoms. The molecule has 0 radical (unpaired) electrons. The standard InChI is InChI=1S/C22H32N4O3/c1-17(2)26(14-19-6-4-18(3)5-7-19)15-21-24-20(16-29-21)22(27)23-8-9-25-10-12-28-13-11-25/h4-7,16-17H,8-15H2,1-3H3,(H,23,27). The number of ether oxygens (including phenoxy) is 1. The molecule has 0 unspecified atom stereocenters. The summed E-state index contributed by atoms with van der Waals surface area (Å²) in [6, 6.07) is 8.87. The van der Waals surface area contributed by atoms with E-state index in [1.165, 1.54) is 17.4 Å². The van der Waals surface area contributed by atoms with E-state index in [4.69, 9.17) is 9.15 Å². The van der Waals surface area contributed by atoms with Gasteiger partial charge >= 0.3 is 0 Å². The Morgan fingerprint density at radius 2 is 1.93 bits per heavy atom. The van der Waals surface area contributed by atoms with E-state index in [2.05, 4.69) is 65.1 Å². The van der Waals surface area contributed by atoms with Crippen LogP contribution in [0.1, 0.15) is 41.4 Å². The summed E-state index contributed by atoms with van der Waals surface area (Å²) in [6.45, 7) is 12.5. The minimum Gasteiger partial charge on any atom is -0.447 e. The lowest BCUT2D eigenvalue weighted by atomic mass is 10.1. The number of carbonyl (C=O) groups is 1. The largest absolute Gasteiger partial charge is 0.447 e. The van der Waals surface area contributed by atoms with Crippen molar-refractivity contribution in [1.29, 1.82) is 0 Å². The van der Waals surface area contributed by atoms with E-state index in [9.17, 15) is 4.79 Å². The van der Waals surface area contributed by atoms with Crippen molar-refractivity contribution in [3.05, 3.63) is 53.2 Å². The zero-order chi connectivity index (χ0) is 20.6. The zero-order valence-electron chi connectivity index (χ0n) is 17.7. The molecule has 1 aliphatic heterocycles. The summed E-state index contributed by atoms with van der Waals surface area (Å²) in [5.74, 6) is 0.368. The molecule has 0 spiro atoms. The number of rotatable bonds is 9. The monoisotopic (exact) mass is 400 g/mol. The fraction of sp³-hybridized carbons (Fsp3) is 0.545. The van der Waals surface area contributed by atoms with E-state index in [-0.39, 0.29) is 5.91 Å². The number of carbonyl (C=O) groups excluding carboxylic acids is 1. The van der Waals surface area contributed by atoms with Gasteiger partial charge in [0.2, 0.25) is 5.89 Å². The van der Waals surface area contributed by atoms with Crippen LogP contribution in [0.25, 0.3) is 0 Å². The SMILES string of the molecule is Cc1ccc(CN(Cc2nc(C(=O)NCCN3CCOCC3)co2)C(C)C)cc1. The summed E-state index contributed by atoms with van der Waals surface area (Å²) in [4.78, 5) is 21.3. The molecule has 29 heavy (non-hydrogen) atoms. The number of amides is 1. The average Bonchev–Trinajstić information content (AvgIpc) is 3.18. The molecule has 0 aliphatic carbocycles. The first kappa shape index (κ1) is 21.5. The smallest absolute Gasteiger partial charge is 0.273 e. The highest BCUT2D eigenvalue weighted by Crippen LogP contribution is 2.14. The first-order valence-electron chi connectivity index (χ1n) is 10.3. The summed E-state index contributed by atoms with van der Waals surface area (Å²) in [5.41, 5.74) is 2.83. The van der Waals surface area contributed by atoms with Gasteiger partial charge in [0.05, 0.1) is 19.8 Å². The molecule has 1 aliphatic rings. The van der Waals surface area contributed by atoms with Crippen molar-refractivity contribution in [3.8, 4) is 0 Å². The van der Waals surface area contributed by atoms with Gasteiger partial charge in [-0.25, -0.2) is 4.98 Å². The van der Waals surface area contributed by atoms with Crippen LogP contribution in [0.3, 0.4) is 0 Å². The molecule has 1 amide bonds. The van der Waals surface area contributed by atoms with Gasteiger partial charge in [-0.05, 0) is 26.3 Å². The number of benzene rings is 1. The van der Waals surface area contributed by atoms with E-state index in [1.807, 2.05) is 0 Å². The number of aryl methyl sites for hydroxylation is 1. The molecule has 7 nitrogen and oxygen atoms in total. The molecule has 1 N–H and O–H groups in total. The molecule has 7 heteroatoms. The molecule has 1 aromatic carbocycles. The van der Waals surface area contributed by atoms with Crippen molar-refractivity contribution in [2.45, 2.75) is 39.9 Å². The van der Waals surface area contributed by atoms with Gasteiger partial charge < -0.3 is 14.5 Å². The van der Waals surface area contributed by atoms with Gasteiger partial charge in [-0.2, -0.15) is 0 Å². The predicted octanol–water partition coefficient (Wildman–Crippen LogP) is 2.46. The Labute approximate surface area is 173 Å². The molecular formula is C22H32N4O3. The third-order valence-electron chi connectivity index (χ3n) is 5.18. The number of morpholine rings is 1. The van der Waals surface area contributed by atoms with Crippen LogP contribution in [0.15, 0.2) is 34.9 Å². The summed E-state index contributed by atoms with van der Waals surface area (Å²) >= 11 is 0. The van der Waals surface area contributed by atoms with Crippen LogP contribution >= 0.6 is 0 Å². The number of nitrogens with zero attached hydrogens (tertiary/aromatic N) is 3. The van der Waals surface area contributed by atoms with E-state index in [0.29, 0.717) is 30.7 Å². The van der Waals surface area contributed by atoms with Gasteiger partial charge in [-0.3, -0.25) is 14.6 Å². The Balaban J connectivity index is 1.50. The Morgan fingerprint density at radius 1 is 1.21 bits per heavy atom. The van der Waals surface area contributed by atoms with Crippen molar-refractivity contribution in [1.82, 2.24) is 20.1 Å². The molecule has 2 aromatic rings. The maximum absolute atomic E-state index is 12.4. The number of aromatic nitrogens is 1. The van der Waals surface area contributed by atoms with Gasteiger partial charge in [0.25, 0.3) is 5.91 Å². The minimum atomic E-state index is -0.192. The number of hydrogen-bond acceptors (Lipinski definition) is 6. The Morgan fingerprint density at radius 3 is 2.62 bits per heavy atom. The van der Waals surface area contributed by atoms with Crippen molar-refractivity contribution < 1.29 is 13.9 Å². The number of oxazole rings is 1. The second-order valence-corrected chi connectivity index (χ2v) is 7.82. The molecule has 0 atom stereocenters. The van der Waals surface area contributed by atoms with Crippen molar-refractivity contribution in [2.24, 2.45) is 0 Å². The van der Waals surface area contributed by atoms with E-state index < -0.39 is 0 Å². The first-order chi connectivity index (χ1) is 14.0. The fourth-order valence-electron chi connectivity index (χ4n) is 3.25. The maximum atomic E-state index is 12.4. The highest BCUT2D eigenvalue weighted by Gasteiger charge is 2.17. The lowest BCUT2D eigenvalue weighted by Gasteiger charge is -2.26. The average molecular weight is 401 g/mol. The van der Waals surface area contributed by atoms with Crippen molar-refractivity contribution in [2.75, 3.05) is 39.4 Å². The topological polar surface area (TPSA) is 70.8 Å². The van der Waals surface area contributed by atoms with Gasteiger partial charge in [0, 0.05) is 38.8 Å². The van der Waals surface area contributed by atoms with Gasteiger partial charge in [-0.1, -0.05) is 29.8 Å². The molecule has 3 rings (SSSR count). The predicted molar refractivity (Wildman–Crippen MR) is 112 cm³/mol. The van der Waals surface area contributed by atoms with E-state index in [1.54, 1.807) is 0 Å².